The molecule has 6 aromatic rings. The molecule has 1 unspecified atom stereocenters. The number of nitrogens with zero attached hydrogens (tertiary/aromatic N) is 2. The van der Waals surface area contributed by atoms with Crippen molar-refractivity contribution in [1.82, 2.24) is 14.9 Å². The Balaban J connectivity index is 0.000000161. The number of nitrogens with one attached hydrogen (secondary N) is 2. The highest BCUT2D eigenvalue weighted by Gasteiger charge is 2.22. The molecule has 40 heavy (non-hydrogen) atoms. The standard InChI is InChI=1S/C18H20N2.C17H18N2O/c1-13-17(15-11-7-8-12-16(15)19-13)18(20(2)3)14-9-5-4-6-10-14;1-19(2)15-8-4-3-6-12(15)10-13-11-18-14-7-5-9-16(20)17(13)14/h4-12,18-19H,1-3H3;3-9,11,18,20H,10H2,1-2H3. The van der Waals surface area contributed by atoms with Crippen LogP contribution in [0, 0.1) is 6.92 Å². The van der Waals surface area contributed by atoms with E-state index in [4.69, 9.17) is 0 Å². The molecule has 0 amide bonds. The smallest absolute Gasteiger partial charge is 0.125 e. The van der Waals surface area contributed by atoms with Crippen molar-refractivity contribution in [3.05, 3.63) is 131 Å². The van der Waals surface area contributed by atoms with Crippen molar-refractivity contribution < 1.29 is 5.11 Å². The normalized spacial score (nSPS) is 11.9. The van der Waals surface area contributed by atoms with Gasteiger partial charge >= 0.3 is 0 Å². The van der Waals surface area contributed by atoms with Crippen LogP contribution in [0.1, 0.15) is 34.0 Å². The molecule has 0 aliphatic heterocycles. The maximum absolute atomic E-state index is 10.1. The number of anilines is 1. The number of aromatic nitrogens is 2. The van der Waals surface area contributed by atoms with Crippen LogP contribution in [0.25, 0.3) is 21.8 Å². The van der Waals surface area contributed by atoms with Crippen molar-refractivity contribution in [2.24, 2.45) is 0 Å². The highest BCUT2D eigenvalue weighted by molar-refractivity contribution is 5.89. The molecule has 0 aliphatic rings. The van der Waals surface area contributed by atoms with E-state index in [1.165, 1.54) is 39.0 Å². The van der Waals surface area contributed by atoms with Crippen molar-refractivity contribution in [3.63, 3.8) is 0 Å². The highest BCUT2D eigenvalue weighted by atomic mass is 16.3. The zero-order chi connectivity index (χ0) is 28.2. The number of phenolic OH excluding ortho intramolecular Hbond substituents is 1. The van der Waals surface area contributed by atoms with Crippen LogP contribution in [0.15, 0.2) is 103 Å². The van der Waals surface area contributed by atoms with Gasteiger partial charge in [-0.15, -0.1) is 0 Å². The van der Waals surface area contributed by atoms with Crippen LogP contribution in [0.5, 0.6) is 5.75 Å². The van der Waals surface area contributed by atoms with Crippen LogP contribution >= 0.6 is 0 Å². The molecule has 2 heterocycles. The average molecular weight is 531 g/mol. The summed E-state index contributed by atoms with van der Waals surface area (Å²) in [7, 11) is 8.37. The molecule has 0 bridgehead atoms. The van der Waals surface area contributed by atoms with Gasteiger partial charge in [0.2, 0.25) is 0 Å². The van der Waals surface area contributed by atoms with Gasteiger partial charge in [0, 0.05) is 65.5 Å². The van der Waals surface area contributed by atoms with Crippen LogP contribution in [-0.4, -0.2) is 48.2 Å². The van der Waals surface area contributed by atoms with Gasteiger partial charge in [0.25, 0.3) is 0 Å². The number of aryl methyl sites for hydroxylation is 1. The summed E-state index contributed by atoms with van der Waals surface area (Å²) in [6.07, 6.45) is 2.78. The number of para-hydroxylation sites is 2. The lowest BCUT2D eigenvalue weighted by Crippen LogP contribution is -2.21. The van der Waals surface area contributed by atoms with Crippen LogP contribution in [-0.2, 0) is 6.42 Å². The molecule has 5 nitrogen and oxygen atoms in total. The number of aromatic hydroxyl groups is 1. The predicted molar refractivity (Wildman–Crippen MR) is 169 cm³/mol. The maximum atomic E-state index is 10.1. The maximum Gasteiger partial charge on any atom is 0.125 e. The fraction of sp³-hybridized carbons (Fsp3) is 0.200. The Kier molecular flexibility index (Phi) is 7.94. The van der Waals surface area contributed by atoms with Crippen molar-refractivity contribution in [2.45, 2.75) is 19.4 Å². The lowest BCUT2D eigenvalue weighted by molar-refractivity contribution is 0.343. The minimum Gasteiger partial charge on any atom is -0.507 e. The van der Waals surface area contributed by atoms with Gasteiger partial charge in [0.05, 0.1) is 6.04 Å². The molecule has 0 spiro atoms. The third-order valence-corrected chi connectivity index (χ3v) is 7.47. The van der Waals surface area contributed by atoms with Crippen molar-refractivity contribution in [2.75, 3.05) is 33.1 Å². The Morgan fingerprint density at radius 1 is 0.725 bits per heavy atom. The zero-order valence-electron chi connectivity index (χ0n) is 23.9. The molecule has 0 aliphatic carbocycles. The van der Waals surface area contributed by atoms with E-state index in [2.05, 4.69) is 114 Å². The minimum absolute atomic E-state index is 0.271. The van der Waals surface area contributed by atoms with Crippen LogP contribution in [0.3, 0.4) is 0 Å². The second-order valence-corrected chi connectivity index (χ2v) is 10.7. The summed E-state index contributed by atoms with van der Waals surface area (Å²) in [5.41, 5.74) is 9.70. The average Bonchev–Trinajstić information content (AvgIpc) is 3.51. The van der Waals surface area contributed by atoms with Gasteiger partial charge in [-0.2, -0.15) is 0 Å². The summed E-state index contributed by atoms with van der Waals surface area (Å²) in [5.74, 6) is 0.334. The number of phenols is 1. The molecule has 2 aromatic heterocycles. The number of hydrogen-bond acceptors (Lipinski definition) is 3. The molecule has 0 saturated carbocycles. The van der Waals surface area contributed by atoms with Crippen molar-refractivity contribution in [1.29, 1.82) is 0 Å². The van der Waals surface area contributed by atoms with Gasteiger partial charge in [0.1, 0.15) is 5.75 Å². The molecular formula is C35H38N4O. The molecule has 204 valence electrons. The zero-order valence-corrected chi connectivity index (χ0v) is 23.9. The molecule has 1 atom stereocenters. The number of hydrogen-bond donors (Lipinski definition) is 3. The topological polar surface area (TPSA) is 58.3 Å². The fourth-order valence-corrected chi connectivity index (χ4v) is 5.69. The molecule has 0 fully saturated rings. The largest absolute Gasteiger partial charge is 0.507 e. The first-order valence-electron chi connectivity index (χ1n) is 13.7. The second kappa shape index (κ2) is 11.7. The summed E-state index contributed by atoms with van der Waals surface area (Å²) >= 11 is 0. The van der Waals surface area contributed by atoms with Crippen molar-refractivity contribution >= 4 is 27.5 Å². The summed E-state index contributed by atoms with van der Waals surface area (Å²) in [5, 5.41) is 12.3. The first-order chi connectivity index (χ1) is 19.3. The number of aromatic amines is 2. The number of rotatable bonds is 6. The Hall–Kier alpha value is -4.48. The lowest BCUT2D eigenvalue weighted by atomic mass is 9.95. The van der Waals surface area contributed by atoms with Crippen LogP contribution < -0.4 is 4.90 Å². The van der Waals surface area contributed by atoms with Gasteiger partial charge in [-0.1, -0.05) is 72.8 Å². The fourth-order valence-electron chi connectivity index (χ4n) is 5.69. The highest BCUT2D eigenvalue weighted by Crippen LogP contribution is 2.35. The third kappa shape index (κ3) is 5.47. The number of benzene rings is 4. The SMILES string of the molecule is CN(C)c1ccccc1Cc1c[nH]c2cccc(O)c12.Cc1[nH]c2ccccc2c1C(c1ccccc1)N(C)C. The van der Waals surface area contributed by atoms with E-state index in [1.54, 1.807) is 6.07 Å². The van der Waals surface area contributed by atoms with Gasteiger partial charge in [-0.05, 0) is 62.0 Å². The summed E-state index contributed by atoms with van der Waals surface area (Å²) in [6, 6.07) is 33.4. The Morgan fingerprint density at radius 3 is 2.15 bits per heavy atom. The van der Waals surface area contributed by atoms with Gasteiger partial charge in [-0.25, -0.2) is 0 Å². The molecule has 6 rings (SSSR count). The van der Waals surface area contributed by atoms with Crippen molar-refractivity contribution in [3.8, 4) is 5.75 Å². The van der Waals surface area contributed by atoms with E-state index in [1.807, 2.05) is 38.5 Å². The van der Waals surface area contributed by atoms with Gasteiger partial charge < -0.3 is 20.0 Å². The van der Waals surface area contributed by atoms with E-state index in [0.717, 1.165) is 22.9 Å². The van der Waals surface area contributed by atoms with E-state index >= 15 is 0 Å². The van der Waals surface area contributed by atoms with Gasteiger partial charge in [-0.3, -0.25) is 4.90 Å². The summed E-state index contributed by atoms with van der Waals surface area (Å²) in [6.45, 7) is 2.16. The van der Waals surface area contributed by atoms with E-state index in [-0.39, 0.29) is 6.04 Å². The molecule has 0 saturated heterocycles. The summed E-state index contributed by atoms with van der Waals surface area (Å²) in [4.78, 5) is 11.1. The Bertz CT molecular complexity index is 1710. The lowest BCUT2D eigenvalue weighted by Gasteiger charge is -2.25. The summed E-state index contributed by atoms with van der Waals surface area (Å²) < 4.78 is 0. The van der Waals surface area contributed by atoms with Gasteiger partial charge in [0.15, 0.2) is 0 Å². The molecule has 0 radical (unpaired) electrons. The predicted octanol–water partition coefficient (Wildman–Crippen LogP) is 7.66. The number of fused-ring (bicyclic) bond motifs is 2. The molecular weight excluding hydrogens is 492 g/mol. The molecule has 3 N–H and O–H groups in total. The minimum atomic E-state index is 0.271. The number of H-pyrrole nitrogens is 2. The first kappa shape index (κ1) is 27.1. The van der Waals surface area contributed by atoms with E-state index in [9.17, 15) is 5.11 Å². The first-order valence-corrected chi connectivity index (χ1v) is 13.7. The third-order valence-electron chi connectivity index (χ3n) is 7.47. The van der Waals surface area contributed by atoms with E-state index < -0.39 is 0 Å². The second-order valence-electron chi connectivity index (χ2n) is 10.7. The van der Waals surface area contributed by atoms with Crippen LogP contribution in [0.2, 0.25) is 0 Å². The van der Waals surface area contributed by atoms with Crippen LogP contribution in [0.4, 0.5) is 5.69 Å². The molecule has 4 aromatic carbocycles. The monoisotopic (exact) mass is 530 g/mol. The quantitative estimate of drug-likeness (QED) is 0.207. The Morgan fingerprint density at radius 2 is 1.40 bits per heavy atom. The molecule has 5 heteroatoms. The Labute approximate surface area is 236 Å². The van der Waals surface area contributed by atoms with E-state index in [0.29, 0.717) is 5.75 Å².